The minimum Gasteiger partial charge on any atom is -0.487 e. The molecule has 0 spiro atoms. The number of hydrogen-bond acceptors (Lipinski definition) is 6. The highest BCUT2D eigenvalue weighted by molar-refractivity contribution is 7.13. The summed E-state index contributed by atoms with van der Waals surface area (Å²) in [5.74, 6) is 0.504. The molecule has 1 fully saturated rings. The average Bonchev–Trinajstić information content (AvgIpc) is 3.15. The molecule has 6 nitrogen and oxygen atoms in total. The van der Waals surface area contributed by atoms with E-state index in [9.17, 15) is 4.79 Å². The Balaban J connectivity index is 1.36. The number of carbonyl (C=O) groups is 1. The first kappa shape index (κ1) is 16.2. The number of thiazole rings is 1. The summed E-state index contributed by atoms with van der Waals surface area (Å²) in [5, 5.41) is 11.5. The fourth-order valence-corrected chi connectivity index (χ4v) is 3.46. The van der Waals surface area contributed by atoms with E-state index < -0.39 is 0 Å². The van der Waals surface area contributed by atoms with Crippen molar-refractivity contribution in [3.05, 3.63) is 65.4 Å². The van der Waals surface area contributed by atoms with Crippen LogP contribution in [0.25, 0.3) is 10.6 Å². The molecule has 128 valence electrons. The first-order chi connectivity index (χ1) is 12.7. The maximum absolute atomic E-state index is 12.5. The second kappa shape index (κ2) is 6.94. The van der Waals surface area contributed by atoms with Gasteiger partial charge in [-0.3, -0.25) is 4.79 Å². The molecular weight excluding hydrogens is 348 g/mol. The summed E-state index contributed by atoms with van der Waals surface area (Å²) in [4.78, 5) is 22.6. The summed E-state index contributed by atoms with van der Waals surface area (Å²) in [6.45, 7) is 1.00. The fraction of sp³-hybridized carbons (Fsp3) is 0.158. The van der Waals surface area contributed by atoms with Crippen LogP contribution in [0.2, 0.25) is 0 Å². The number of ether oxygens (including phenoxy) is 1. The second-order valence-electron chi connectivity index (χ2n) is 5.84. The van der Waals surface area contributed by atoms with E-state index >= 15 is 0 Å². The Hall–Kier alpha value is -3.24. The van der Waals surface area contributed by atoms with Gasteiger partial charge >= 0.3 is 0 Å². The van der Waals surface area contributed by atoms with Crippen molar-refractivity contribution in [2.45, 2.75) is 6.10 Å². The first-order valence-electron chi connectivity index (χ1n) is 8.06. The second-order valence-corrected chi connectivity index (χ2v) is 6.70. The molecule has 7 heteroatoms. The van der Waals surface area contributed by atoms with Crippen LogP contribution in [0.4, 0.5) is 0 Å². The van der Waals surface area contributed by atoms with Gasteiger partial charge in [-0.2, -0.15) is 5.26 Å². The monoisotopic (exact) mass is 362 g/mol. The number of pyridine rings is 1. The van der Waals surface area contributed by atoms with Gasteiger partial charge in [0.2, 0.25) is 0 Å². The van der Waals surface area contributed by atoms with E-state index in [1.165, 1.54) is 17.5 Å². The Morgan fingerprint density at radius 2 is 2.08 bits per heavy atom. The van der Waals surface area contributed by atoms with Crippen molar-refractivity contribution in [1.82, 2.24) is 14.9 Å². The van der Waals surface area contributed by atoms with Crippen LogP contribution in [0, 0.1) is 11.3 Å². The predicted octanol–water partition coefficient (Wildman–Crippen LogP) is 2.98. The van der Waals surface area contributed by atoms with Gasteiger partial charge in [-0.25, -0.2) is 9.97 Å². The normalized spacial score (nSPS) is 13.7. The van der Waals surface area contributed by atoms with Crippen molar-refractivity contribution in [2.24, 2.45) is 0 Å². The number of carbonyl (C=O) groups excluding carboxylic acids is 1. The molecule has 0 unspecified atom stereocenters. The zero-order valence-electron chi connectivity index (χ0n) is 13.7. The van der Waals surface area contributed by atoms with Crippen LogP contribution in [0.15, 0.2) is 54.0 Å². The Kier molecular flexibility index (Phi) is 4.33. The van der Waals surface area contributed by atoms with E-state index in [0.717, 1.165) is 10.6 Å². The number of amides is 1. The summed E-state index contributed by atoms with van der Waals surface area (Å²) >= 11 is 1.46. The SMILES string of the molecule is N#Cc1cc(OC2CN(C(=O)c3csc(-c4ccccc4)n3)C2)ccn1. The van der Waals surface area contributed by atoms with Crippen LogP contribution < -0.4 is 4.74 Å². The topological polar surface area (TPSA) is 79.1 Å². The molecule has 3 heterocycles. The molecule has 2 aromatic heterocycles. The van der Waals surface area contributed by atoms with Crippen LogP contribution >= 0.6 is 11.3 Å². The van der Waals surface area contributed by atoms with Crippen molar-refractivity contribution in [1.29, 1.82) is 5.26 Å². The molecule has 0 bridgehead atoms. The zero-order valence-corrected chi connectivity index (χ0v) is 14.5. The third-order valence-electron chi connectivity index (χ3n) is 4.03. The highest BCUT2D eigenvalue weighted by Crippen LogP contribution is 2.25. The molecule has 1 saturated heterocycles. The van der Waals surface area contributed by atoms with Crippen LogP contribution in [-0.4, -0.2) is 40.0 Å². The molecule has 0 N–H and O–H groups in total. The summed E-state index contributed by atoms with van der Waals surface area (Å²) in [7, 11) is 0. The number of rotatable bonds is 4. The molecule has 4 rings (SSSR count). The largest absolute Gasteiger partial charge is 0.487 e. The Morgan fingerprint density at radius 3 is 2.85 bits per heavy atom. The van der Waals surface area contributed by atoms with Crippen LogP contribution in [0.1, 0.15) is 16.2 Å². The number of nitrogens with zero attached hydrogens (tertiary/aromatic N) is 4. The fourth-order valence-electron chi connectivity index (χ4n) is 2.66. The quantitative estimate of drug-likeness (QED) is 0.713. The molecule has 3 aromatic rings. The molecule has 0 aliphatic carbocycles. The summed E-state index contributed by atoms with van der Waals surface area (Å²) in [5.41, 5.74) is 1.78. The number of hydrogen-bond donors (Lipinski definition) is 0. The average molecular weight is 362 g/mol. The van der Waals surface area contributed by atoms with Crippen molar-refractivity contribution in [3.63, 3.8) is 0 Å². The van der Waals surface area contributed by atoms with Gasteiger partial charge in [0.15, 0.2) is 0 Å². The highest BCUT2D eigenvalue weighted by atomic mass is 32.1. The number of benzene rings is 1. The summed E-state index contributed by atoms with van der Waals surface area (Å²) in [6, 6.07) is 15.1. The van der Waals surface area contributed by atoms with Gasteiger partial charge in [-0.1, -0.05) is 30.3 Å². The maximum Gasteiger partial charge on any atom is 0.273 e. The van der Waals surface area contributed by atoms with Crippen molar-refractivity contribution in [2.75, 3.05) is 13.1 Å². The summed E-state index contributed by atoms with van der Waals surface area (Å²) < 4.78 is 5.78. The molecule has 1 aliphatic rings. The van der Waals surface area contributed by atoms with Crippen LogP contribution in [0.3, 0.4) is 0 Å². The Labute approximate surface area is 154 Å². The minimum atomic E-state index is -0.0873. The zero-order chi connectivity index (χ0) is 17.9. The number of nitriles is 1. The number of aromatic nitrogens is 2. The van der Waals surface area contributed by atoms with Gasteiger partial charge in [0.05, 0.1) is 13.1 Å². The van der Waals surface area contributed by atoms with Gasteiger partial charge in [-0.15, -0.1) is 11.3 Å². The molecule has 0 atom stereocenters. The summed E-state index contributed by atoms with van der Waals surface area (Å²) in [6.07, 6.45) is 1.45. The lowest BCUT2D eigenvalue weighted by atomic mass is 10.1. The van der Waals surface area contributed by atoms with E-state index in [-0.39, 0.29) is 12.0 Å². The highest BCUT2D eigenvalue weighted by Gasteiger charge is 2.34. The minimum absolute atomic E-state index is 0.0832. The maximum atomic E-state index is 12.5. The lowest BCUT2D eigenvalue weighted by molar-refractivity contribution is 0.0174. The molecular formula is C19H14N4O2S. The number of likely N-dealkylation sites (tertiary alicyclic amines) is 1. The lowest BCUT2D eigenvalue weighted by Gasteiger charge is -2.38. The van der Waals surface area contributed by atoms with Gasteiger partial charge in [0.25, 0.3) is 5.91 Å². The van der Waals surface area contributed by atoms with Crippen LogP contribution in [0.5, 0.6) is 5.75 Å². The van der Waals surface area contributed by atoms with Gasteiger partial charge < -0.3 is 9.64 Å². The molecule has 1 aliphatic heterocycles. The van der Waals surface area contributed by atoms with E-state index in [1.807, 2.05) is 36.4 Å². The predicted molar refractivity (Wildman–Crippen MR) is 96.8 cm³/mol. The molecule has 1 aromatic carbocycles. The molecule has 0 saturated carbocycles. The Bertz CT molecular complexity index is 974. The van der Waals surface area contributed by atoms with Crippen molar-refractivity contribution >= 4 is 17.2 Å². The third kappa shape index (κ3) is 3.27. The van der Waals surface area contributed by atoms with E-state index in [4.69, 9.17) is 10.00 Å². The van der Waals surface area contributed by atoms with Gasteiger partial charge in [0.1, 0.15) is 34.3 Å². The van der Waals surface area contributed by atoms with Crippen molar-refractivity contribution in [3.8, 4) is 22.4 Å². The standard InChI is InChI=1S/C19H14N4O2S/c20-9-14-8-15(6-7-21-14)25-16-10-23(11-16)19(24)17-12-26-18(22-17)13-4-2-1-3-5-13/h1-8,12,16H,10-11H2. The smallest absolute Gasteiger partial charge is 0.273 e. The van der Waals surface area contributed by atoms with Gasteiger partial charge in [-0.05, 0) is 6.07 Å². The van der Waals surface area contributed by atoms with E-state index in [0.29, 0.717) is 30.2 Å². The third-order valence-corrected chi connectivity index (χ3v) is 4.92. The lowest BCUT2D eigenvalue weighted by Crippen LogP contribution is -2.56. The molecule has 0 radical (unpaired) electrons. The van der Waals surface area contributed by atoms with Crippen LogP contribution in [-0.2, 0) is 0 Å². The van der Waals surface area contributed by atoms with E-state index in [2.05, 4.69) is 9.97 Å². The molecule has 1 amide bonds. The Morgan fingerprint density at radius 1 is 1.27 bits per heavy atom. The first-order valence-corrected chi connectivity index (χ1v) is 8.94. The molecule has 26 heavy (non-hydrogen) atoms. The van der Waals surface area contributed by atoms with Crippen molar-refractivity contribution < 1.29 is 9.53 Å². The van der Waals surface area contributed by atoms with E-state index in [1.54, 1.807) is 22.4 Å². The van der Waals surface area contributed by atoms with Gasteiger partial charge in [0, 0.05) is 23.2 Å².